The Morgan fingerprint density at radius 2 is 1.59 bits per heavy atom. The van der Waals surface area contributed by atoms with Crippen molar-refractivity contribution < 1.29 is 8.42 Å². The maximum atomic E-state index is 12.5. The Kier molecular flexibility index (Phi) is 5.69. The molecule has 6 nitrogen and oxygen atoms in total. The van der Waals surface area contributed by atoms with Gasteiger partial charge in [0.25, 0.3) is 0 Å². The Labute approximate surface area is 170 Å². The summed E-state index contributed by atoms with van der Waals surface area (Å²) >= 11 is 0. The van der Waals surface area contributed by atoms with Crippen LogP contribution in [0.25, 0.3) is 11.2 Å². The fourth-order valence-electron chi connectivity index (χ4n) is 3.31. The number of nitrogens with zero attached hydrogens (tertiary/aromatic N) is 3. The highest BCUT2D eigenvalue weighted by Crippen LogP contribution is 2.16. The van der Waals surface area contributed by atoms with Crippen LogP contribution < -0.4 is 4.72 Å². The number of benzene rings is 2. The largest absolute Gasteiger partial charge is 0.311 e. The van der Waals surface area contributed by atoms with Gasteiger partial charge in [-0.1, -0.05) is 48.5 Å². The van der Waals surface area contributed by atoms with Gasteiger partial charge >= 0.3 is 0 Å². The molecule has 0 saturated carbocycles. The number of nitrogens with one attached hydrogen (secondary N) is 1. The van der Waals surface area contributed by atoms with Gasteiger partial charge in [0.2, 0.25) is 10.0 Å². The number of pyridine rings is 1. The van der Waals surface area contributed by atoms with Crippen molar-refractivity contribution >= 4 is 21.2 Å². The first-order valence-electron chi connectivity index (χ1n) is 9.52. The highest BCUT2D eigenvalue weighted by Gasteiger charge is 2.15. The molecule has 0 fully saturated rings. The van der Waals surface area contributed by atoms with Crippen molar-refractivity contribution in [2.24, 2.45) is 0 Å². The summed E-state index contributed by atoms with van der Waals surface area (Å²) in [5, 5.41) is 0. The Morgan fingerprint density at radius 1 is 0.862 bits per heavy atom. The van der Waals surface area contributed by atoms with Crippen LogP contribution in [0, 0.1) is 0 Å². The predicted octanol–water partition coefficient (Wildman–Crippen LogP) is 3.20. The van der Waals surface area contributed by atoms with Crippen LogP contribution in [0.15, 0.2) is 83.9 Å². The molecule has 29 heavy (non-hydrogen) atoms. The summed E-state index contributed by atoms with van der Waals surface area (Å²) in [6.07, 6.45) is 3.35. The number of hydrogen-bond acceptors (Lipinski definition) is 4. The molecule has 1 N–H and O–H groups in total. The van der Waals surface area contributed by atoms with Crippen LogP contribution >= 0.6 is 0 Å². The van der Waals surface area contributed by atoms with Crippen molar-refractivity contribution in [1.29, 1.82) is 0 Å². The highest BCUT2D eigenvalue weighted by molar-refractivity contribution is 7.89. The minimum absolute atomic E-state index is 0.262. The third-order valence-electron chi connectivity index (χ3n) is 4.74. The lowest BCUT2D eigenvalue weighted by Gasteiger charge is -2.10. The van der Waals surface area contributed by atoms with E-state index in [0.717, 1.165) is 29.8 Å². The molecule has 0 bridgehead atoms. The smallest absolute Gasteiger partial charge is 0.240 e. The zero-order valence-electron chi connectivity index (χ0n) is 15.9. The summed E-state index contributed by atoms with van der Waals surface area (Å²) in [6, 6.07) is 22.4. The van der Waals surface area contributed by atoms with E-state index in [-0.39, 0.29) is 11.4 Å². The average molecular weight is 407 g/mol. The zero-order chi connectivity index (χ0) is 20.1. The summed E-state index contributed by atoms with van der Waals surface area (Å²) < 4.78 is 29.6. The first-order chi connectivity index (χ1) is 14.1. The highest BCUT2D eigenvalue weighted by atomic mass is 32.2. The molecule has 0 amide bonds. The molecule has 2 aromatic heterocycles. The minimum atomic E-state index is -3.54. The predicted molar refractivity (Wildman–Crippen MR) is 113 cm³/mol. The topological polar surface area (TPSA) is 76.9 Å². The zero-order valence-corrected chi connectivity index (χ0v) is 16.7. The van der Waals surface area contributed by atoms with E-state index in [9.17, 15) is 8.42 Å². The summed E-state index contributed by atoms with van der Waals surface area (Å²) in [6.45, 7) is 0.724. The second kappa shape index (κ2) is 8.55. The van der Waals surface area contributed by atoms with Gasteiger partial charge in [-0.15, -0.1) is 0 Å². The maximum absolute atomic E-state index is 12.5. The molecule has 148 valence electrons. The summed E-state index contributed by atoms with van der Waals surface area (Å²) in [7, 11) is -3.54. The number of hydrogen-bond donors (Lipinski definition) is 1. The van der Waals surface area contributed by atoms with Crippen LogP contribution in [0.1, 0.15) is 11.4 Å². The molecular weight excluding hydrogens is 384 g/mol. The average Bonchev–Trinajstić information content (AvgIpc) is 3.11. The molecule has 2 heterocycles. The van der Waals surface area contributed by atoms with Crippen molar-refractivity contribution in [3.63, 3.8) is 0 Å². The quantitative estimate of drug-likeness (QED) is 0.488. The Balaban J connectivity index is 1.51. The van der Waals surface area contributed by atoms with E-state index in [1.165, 1.54) is 5.56 Å². The molecule has 7 heteroatoms. The first kappa shape index (κ1) is 19.3. The van der Waals surface area contributed by atoms with Crippen molar-refractivity contribution in [2.45, 2.75) is 24.3 Å². The van der Waals surface area contributed by atoms with E-state index >= 15 is 0 Å². The van der Waals surface area contributed by atoms with Crippen LogP contribution in [-0.2, 0) is 29.4 Å². The Hall–Kier alpha value is -3.03. The first-order valence-corrected chi connectivity index (χ1v) is 11.0. The van der Waals surface area contributed by atoms with E-state index in [1.807, 2.05) is 34.9 Å². The second-order valence-electron chi connectivity index (χ2n) is 6.72. The monoisotopic (exact) mass is 406 g/mol. The number of aryl methyl sites for hydroxylation is 2. The normalized spacial score (nSPS) is 11.7. The van der Waals surface area contributed by atoms with E-state index < -0.39 is 10.0 Å². The number of sulfonamides is 1. The molecule has 4 aromatic rings. The van der Waals surface area contributed by atoms with Gasteiger partial charge in [-0.3, -0.25) is 0 Å². The van der Waals surface area contributed by atoms with Crippen molar-refractivity contribution in [1.82, 2.24) is 19.3 Å². The fourth-order valence-corrected chi connectivity index (χ4v) is 4.35. The van der Waals surface area contributed by atoms with Crippen molar-refractivity contribution in [3.05, 3.63) is 90.4 Å². The van der Waals surface area contributed by atoms with E-state index in [4.69, 9.17) is 4.98 Å². The molecule has 0 spiro atoms. The van der Waals surface area contributed by atoms with E-state index in [2.05, 4.69) is 21.8 Å². The van der Waals surface area contributed by atoms with Crippen molar-refractivity contribution in [2.75, 3.05) is 6.54 Å². The lowest BCUT2D eigenvalue weighted by atomic mass is 10.1. The minimum Gasteiger partial charge on any atom is -0.311 e. The summed E-state index contributed by atoms with van der Waals surface area (Å²) in [5.41, 5.74) is 2.83. The van der Waals surface area contributed by atoms with Crippen LogP contribution in [0.2, 0.25) is 0 Å². The number of aromatic nitrogens is 3. The van der Waals surface area contributed by atoms with Crippen LogP contribution in [0.5, 0.6) is 0 Å². The maximum Gasteiger partial charge on any atom is 0.240 e. The van der Waals surface area contributed by atoms with E-state index in [0.29, 0.717) is 6.54 Å². The van der Waals surface area contributed by atoms with Gasteiger partial charge in [0, 0.05) is 25.7 Å². The molecule has 0 aliphatic rings. The lowest BCUT2D eigenvalue weighted by molar-refractivity contribution is 0.570. The summed E-state index contributed by atoms with van der Waals surface area (Å²) in [5.74, 6) is 0.904. The third kappa shape index (κ3) is 4.52. The van der Waals surface area contributed by atoms with E-state index in [1.54, 1.807) is 36.5 Å². The molecule has 0 aliphatic heterocycles. The standard InChI is InChI=1S/C22H22N4O2S/c27-29(28,19-10-5-2-6-11-19)24-16-17-26-21(14-13-18-8-3-1-4-9-18)25-20-12-7-15-23-22(20)26/h1-12,15,24H,13-14,16-17H2. The molecule has 4 rings (SSSR count). The van der Waals surface area contributed by atoms with Gasteiger partial charge in [-0.2, -0.15) is 0 Å². The number of rotatable bonds is 8. The molecule has 0 saturated heterocycles. The number of fused-ring (bicyclic) bond motifs is 1. The second-order valence-corrected chi connectivity index (χ2v) is 8.49. The van der Waals surface area contributed by atoms with Gasteiger partial charge in [0.05, 0.1) is 4.90 Å². The molecule has 0 atom stereocenters. The third-order valence-corrected chi connectivity index (χ3v) is 6.22. The molecular formula is C22H22N4O2S. The van der Waals surface area contributed by atoms with Gasteiger partial charge in [0.15, 0.2) is 5.65 Å². The van der Waals surface area contributed by atoms with Crippen LogP contribution in [0.3, 0.4) is 0 Å². The van der Waals surface area contributed by atoms with Gasteiger partial charge < -0.3 is 4.57 Å². The summed E-state index contributed by atoms with van der Waals surface area (Å²) in [4.78, 5) is 9.44. The van der Waals surface area contributed by atoms with Gasteiger partial charge in [-0.05, 0) is 36.2 Å². The van der Waals surface area contributed by atoms with Gasteiger partial charge in [-0.25, -0.2) is 23.1 Å². The SMILES string of the molecule is O=S(=O)(NCCn1c(CCc2ccccc2)nc2cccnc21)c1ccccc1. The van der Waals surface area contributed by atoms with Crippen LogP contribution in [0.4, 0.5) is 0 Å². The molecule has 0 unspecified atom stereocenters. The Bertz CT molecular complexity index is 1190. The lowest BCUT2D eigenvalue weighted by Crippen LogP contribution is -2.28. The Morgan fingerprint density at radius 3 is 2.34 bits per heavy atom. The molecule has 0 radical (unpaired) electrons. The van der Waals surface area contributed by atoms with Gasteiger partial charge in [0.1, 0.15) is 11.3 Å². The molecule has 0 aliphatic carbocycles. The fraction of sp³-hybridized carbons (Fsp3) is 0.182. The number of imidazole rings is 1. The van der Waals surface area contributed by atoms with Crippen molar-refractivity contribution in [3.8, 4) is 0 Å². The van der Waals surface area contributed by atoms with Crippen LogP contribution in [-0.4, -0.2) is 29.5 Å². The molecule has 2 aromatic carbocycles.